The predicted octanol–water partition coefficient (Wildman–Crippen LogP) is 0.624. The number of hydrogen-bond acceptors (Lipinski definition) is 3. The van der Waals surface area contributed by atoms with E-state index in [-0.39, 0.29) is 6.54 Å². The Morgan fingerprint density at radius 3 is 2.56 bits per heavy atom. The molecule has 0 saturated heterocycles. The first-order valence-electron chi connectivity index (χ1n) is 4.45. The van der Waals surface area contributed by atoms with Gasteiger partial charge in [0.25, 0.3) is 0 Å². The van der Waals surface area contributed by atoms with E-state index in [1.165, 1.54) is 6.92 Å². The van der Waals surface area contributed by atoms with E-state index >= 15 is 0 Å². The molecular formula is C9H11F2NO3S. The van der Waals surface area contributed by atoms with Crippen LogP contribution < -0.4 is 4.72 Å². The van der Waals surface area contributed by atoms with Crippen molar-refractivity contribution in [2.24, 2.45) is 0 Å². The fraction of sp³-hybridized carbons (Fsp3) is 0.333. The second-order valence-corrected chi connectivity index (χ2v) is 5.01. The fourth-order valence-electron chi connectivity index (χ4n) is 1.00. The maximum Gasteiger partial charge on any atom is 0.243 e. The van der Waals surface area contributed by atoms with Crippen molar-refractivity contribution in [1.82, 2.24) is 4.72 Å². The first kappa shape index (κ1) is 13.0. The Bertz CT molecular complexity index is 474. The maximum absolute atomic E-state index is 13.1. The molecule has 1 aromatic rings. The summed E-state index contributed by atoms with van der Waals surface area (Å²) in [5.41, 5.74) is 0. The minimum atomic E-state index is -4.05. The number of hydrogen-bond donors (Lipinski definition) is 2. The van der Waals surface area contributed by atoms with Crippen LogP contribution in [0.15, 0.2) is 23.1 Å². The average molecular weight is 251 g/mol. The highest BCUT2D eigenvalue weighted by molar-refractivity contribution is 7.89. The molecule has 7 heteroatoms. The van der Waals surface area contributed by atoms with Crippen molar-refractivity contribution in [3.8, 4) is 0 Å². The minimum absolute atomic E-state index is 0.237. The van der Waals surface area contributed by atoms with Gasteiger partial charge in [-0.15, -0.1) is 0 Å². The molecule has 0 saturated carbocycles. The lowest BCUT2D eigenvalue weighted by Crippen LogP contribution is -2.31. The van der Waals surface area contributed by atoms with Gasteiger partial charge in [-0.1, -0.05) is 0 Å². The van der Waals surface area contributed by atoms with Crippen molar-refractivity contribution < 1.29 is 22.3 Å². The molecule has 0 spiro atoms. The third-order valence-corrected chi connectivity index (χ3v) is 3.21. The summed E-state index contributed by atoms with van der Waals surface area (Å²) in [4.78, 5) is -0.644. The Hall–Kier alpha value is -1.05. The lowest BCUT2D eigenvalue weighted by atomic mass is 10.3. The van der Waals surface area contributed by atoms with Gasteiger partial charge in [0.2, 0.25) is 10.0 Å². The Morgan fingerprint density at radius 1 is 1.44 bits per heavy atom. The molecule has 2 N–H and O–H groups in total. The molecule has 0 radical (unpaired) electrons. The van der Waals surface area contributed by atoms with Gasteiger partial charge in [-0.05, 0) is 19.1 Å². The lowest BCUT2D eigenvalue weighted by Gasteiger charge is -2.08. The van der Waals surface area contributed by atoms with Crippen molar-refractivity contribution in [1.29, 1.82) is 0 Å². The van der Waals surface area contributed by atoms with E-state index in [0.29, 0.717) is 6.07 Å². The number of aliphatic hydroxyl groups excluding tert-OH is 1. The summed E-state index contributed by atoms with van der Waals surface area (Å²) in [6.45, 7) is 1.14. The second-order valence-electron chi connectivity index (χ2n) is 3.28. The van der Waals surface area contributed by atoms with Gasteiger partial charge in [-0.2, -0.15) is 0 Å². The SMILES string of the molecule is C[C@@H](O)CNS(=O)(=O)c1ccc(F)cc1F. The molecule has 1 aromatic carbocycles. The molecule has 1 atom stereocenters. The van der Waals surface area contributed by atoms with Crippen LogP contribution in [0.5, 0.6) is 0 Å². The van der Waals surface area contributed by atoms with Gasteiger partial charge in [-0.3, -0.25) is 0 Å². The Kier molecular flexibility index (Phi) is 3.95. The molecular weight excluding hydrogens is 240 g/mol. The molecule has 0 heterocycles. The zero-order chi connectivity index (χ0) is 12.3. The number of rotatable bonds is 4. The van der Waals surface area contributed by atoms with E-state index in [0.717, 1.165) is 12.1 Å². The quantitative estimate of drug-likeness (QED) is 0.824. The summed E-state index contributed by atoms with van der Waals surface area (Å²) >= 11 is 0. The number of sulfonamides is 1. The highest BCUT2D eigenvalue weighted by Crippen LogP contribution is 2.14. The van der Waals surface area contributed by atoms with E-state index in [9.17, 15) is 17.2 Å². The second kappa shape index (κ2) is 4.86. The number of nitrogens with one attached hydrogen (secondary N) is 1. The zero-order valence-corrected chi connectivity index (χ0v) is 9.26. The fourth-order valence-corrected chi connectivity index (χ4v) is 2.18. The molecule has 0 fully saturated rings. The molecule has 0 unspecified atom stereocenters. The summed E-state index contributed by atoms with van der Waals surface area (Å²) in [6, 6.07) is 2.16. The van der Waals surface area contributed by atoms with Crippen LogP contribution in [0, 0.1) is 11.6 Å². The van der Waals surface area contributed by atoms with Crippen LogP contribution in [0.2, 0.25) is 0 Å². The van der Waals surface area contributed by atoms with Gasteiger partial charge >= 0.3 is 0 Å². The zero-order valence-electron chi connectivity index (χ0n) is 8.44. The van der Waals surface area contributed by atoms with Crippen molar-refractivity contribution in [3.63, 3.8) is 0 Å². The predicted molar refractivity (Wildman–Crippen MR) is 53.2 cm³/mol. The maximum atomic E-state index is 13.1. The molecule has 1 rings (SSSR count). The standard InChI is InChI=1S/C9H11F2NO3S/c1-6(13)5-12-16(14,15)9-3-2-7(10)4-8(9)11/h2-4,6,12-13H,5H2,1H3/t6-/m1/s1. The van der Waals surface area contributed by atoms with Crippen molar-refractivity contribution in [3.05, 3.63) is 29.8 Å². The first-order chi connectivity index (χ1) is 7.33. The van der Waals surface area contributed by atoms with Gasteiger partial charge < -0.3 is 5.11 Å². The summed E-state index contributed by atoms with van der Waals surface area (Å²) in [7, 11) is -4.05. The summed E-state index contributed by atoms with van der Waals surface area (Å²) in [6.07, 6.45) is -0.890. The van der Waals surface area contributed by atoms with Crippen LogP contribution in [0.3, 0.4) is 0 Å². The third kappa shape index (κ3) is 3.22. The van der Waals surface area contributed by atoms with E-state index < -0.39 is 32.7 Å². The molecule has 0 bridgehead atoms. The van der Waals surface area contributed by atoms with E-state index in [2.05, 4.69) is 0 Å². The van der Waals surface area contributed by atoms with Crippen LogP contribution >= 0.6 is 0 Å². The number of halogens is 2. The van der Waals surface area contributed by atoms with Gasteiger partial charge in [0.15, 0.2) is 0 Å². The van der Waals surface area contributed by atoms with Crippen LogP contribution in [0.1, 0.15) is 6.92 Å². The minimum Gasteiger partial charge on any atom is -0.392 e. The summed E-state index contributed by atoms with van der Waals surface area (Å²) in [5, 5.41) is 8.90. The molecule has 0 aliphatic rings. The van der Waals surface area contributed by atoms with E-state index in [4.69, 9.17) is 5.11 Å². The van der Waals surface area contributed by atoms with Crippen LogP contribution in [0.25, 0.3) is 0 Å². The van der Waals surface area contributed by atoms with E-state index in [1.54, 1.807) is 0 Å². The normalized spacial score (nSPS) is 13.8. The Labute approximate surface area is 92.0 Å². The van der Waals surface area contributed by atoms with E-state index in [1.807, 2.05) is 4.72 Å². The smallest absolute Gasteiger partial charge is 0.243 e. The first-order valence-corrected chi connectivity index (χ1v) is 5.94. The number of aliphatic hydroxyl groups is 1. The molecule has 90 valence electrons. The van der Waals surface area contributed by atoms with Crippen LogP contribution in [-0.2, 0) is 10.0 Å². The summed E-state index contributed by atoms with van der Waals surface area (Å²) < 4.78 is 50.7. The summed E-state index contributed by atoms with van der Waals surface area (Å²) in [5.74, 6) is -2.02. The van der Waals surface area contributed by atoms with Crippen molar-refractivity contribution >= 4 is 10.0 Å². The van der Waals surface area contributed by atoms with Gasteiger partial charge in [0, 0.05) is 12.6 Å². The third-order valence-electron chi connectivity index (χ3n) is 1.75. The van der Waals surface area contributed by atoms with Gasteiger partial charge in [-0.25, -0.2) is 21.9 Å². The topological polar surface area (TPSA) is 66.4 Å². The molecule has 0 aliphatic carbocycles. The monoisotopic (exact) mass is 251 g/mol. The van der Waals surface area contributed by atoms with Gasteiger partial charge in [0.1, 0.15) is 16.5 Å². The molecule has 16 heavy (non-hydrogen) atoms. The Morgan fingerprint density at radius 2 is 2.06 bits per heavy atom. The average Bonchev–Trinajstić information content (AvgIpc) is 2.14. The molecule has 0 aliphatic heterocycles. The van der Waals surface area contributed by atoms with Crippen LogP contribution in [0.4, 0.5) is 8.78 Å². The number of benzene rings is 1. The van der Waals surface area contributed by atoms with Crippen molar-refractivity contribution in [2.45, 2.75) is 17.9 Å². The van der Waals surface area contributed by atoms with Crippen molar-refractivity contribution in [2.75, 3.05) is 6.54 Å². The Balaban J connectivity index is 2.99. The largest absolute Gasteiger partial charge is 0.392 e. The highest BCUT2D eigenvalue weighted by atomic mass is 32.2. The van der Waals surface area contributed by atoms with Crippen LogP contribution in [-0.4, -0.2) is 26.2 Å². The molecule has 0 aromatic heterocycles. The molecule has 0 amide bonds. The highest BCUT2D eigenvalue weighted by Gasteiger charge is 2.19. The lowest BCUT2D eigenvalue weighted by molar-refractivity contribution is 0.198. The molecule has 4 nitrogen and oxygen atoms in total. The van der Waals surface area contributed by atoms with Gasteiger partial charge in [0.05, 0.1) is 6.10 Å².